The van der Waals surface area contributed by atoms with Gasteiger partial charge in [-0.1, -0.05) is 30.3 Å². The Labute approximate surface area is 164 Å². The number of carbonyl (C=O) groups is 1. The summed E-state index contributed by atoms with van der Waals surface area (Å²) in [5.74, 6) is 0.432. The molecule has 1 aliphatic carbocycles. The first-order chi connectivity index (χ1) is 13.7. The molecule has 28 heavy (non-hydrogen) atoms. The summed E-state index contributed by atoms with van der Waals surface area (Å²) in [6, 6.07) is 14.4. The van der Waals surface area contributed by atoms with Gasteiger partial charge >= 0.3 is 0 Å². The van der Waals surface area contributed by atoms with Crippen LogP contribution in [-0.4, -0.2) is 48.7 Å². The maximum atomic E-state index is 13.9. The summed E-state index contributed by atoms with van der Waals surface area (Å²) in [7, 11) is 0. The van der Waals surface area contributed by atoms with E-state index in [1.54, 1.807) is 36.4 Å². The highest BCUT2D eigenvalue weighted by atomic mass is 19.1. The number of nitrogens with zero attached hydrogens (tertiary/aromatic N) is 1. The molecule has 0 bridgehead atoms. The van der Waals surface area contributed by atoms with Crippen molar-refractivity contribution in [1.82, 2.24) is 10.2 Å². The fraction of sp³-hybridized carbons (Fsp3) is 0.435. The molecule has 0 spiro atoms. The maximum Gasteiger partial charge on any atom is 0.251 e. The number of benzene rings is 2. The van der Waals surface area contributed by atoms with Crippen molar-refractivity contribution >= 4 is 5.91 Å². The second kappa shape index (κ2) is 7.30. The molecule has 1 saturated carbocycles. The number of carbonyl (C=O) groups excluding carboxylic acids is 1. The number of morpholine rings is 1. The van der Waals surface area contributed by atoms with Crippen molar-refractivity contribution in [3.63, 3.8) is 0 Å². The average molecular weight is 380 g/mol. The lowest BCUT2D eigenvalue weighted by atomic mass is 10.0. The van der Waals surface area contributed by atoms with Crippen LogP contribution in [0.5, 0.6) is 0 Å². The number of ether oxygens (including phenoxy) is 1. The molecule has 2 aromatic carbocycles. The van der Waals surface area contributed by atoms with Gasteiger partial charge in [-0.25, -0.2) is 4.39 Å². The van der Waals surface area contributed by atoms with Crippen LogP contribution in [0.15, 0.2) is 48.5 Å². The Morgan fingerprint density at radius 2 is 1.86 bits per heavy atom. The van der Waals surface area contributed by atoms with Crippen LogP contribution < -0.4 is 5.32 Å². The third-order valence-electron chi connectivity index (χ3n) is 6.26. The largest absolute Gasteiger partial charge is 0.375 e. The molecule has 2 heterocycles. The zero-order chi connectivity index (χ0) is 19.1. The van der Waals surface area contributed by atoms with Crippen LogP contribution in [0.25, 0.3) is 11.1 Å². The molecule has 1 amide bonds. The number of fused-ring (bicyclic) bond motifs is 1. The van der Waals surface area contributed by atoms with Crippen LogP contribution in [0.4, 0.5) is 4.39 Å². The normalized spacial score (nSPS) is 27.4. The topological polar surface area (TPSA) is 41.6 Å². The second-order valence-electron chi connectivity index (χ2n) is 8.28. The monoisotopic (exact) mass is 380 g/mol. The first-order valence-electron chi connectivity index (χ1n) is 10.2. The molecule has 0 radical (unpaired) electrons. The molecule has 3 atom stereocenters. The van der Waals surface area contributed by atoms with Crippen LogP contribution >= 0.6 is 0 Å². The molecule has 4 nitrogen and oxygen atoms in total. The van der Waals surface area contributed by atoms with E-state index in [1.807, 2.05) is 6.07 Å². The Balaban J connectivity index is 1.21. The van der Waals surface area contributed by atoms with E-state index in [9.17, 15) is 9.18 Å². The van der Waals surface area contributed by atoms with Gasteiger partial charge in [0.25, 0.3) is 5.91 Å². The Morgan fingerprint density at radius 3 is 2.61 bits per heavy atom. The number of amides is 1. The van der Waals surface area contributed by atoms with Crippen molar-refractivity contribution in [3.8, 4) is 11.1 Å². The molecular weight excluding hydrogens is 355 g/mol. The van der Waals surface area contributed by atoms with Crippen molar-refractivity contribution in [3.05, 3.63) is 59.9 Å². The van der Waals surface area contributed by atoms with Gasteiger partial charge in [-0.3, -0.25) is 9.69 Å². The quantitative estimate of drug-likeness (QED) is 0.883. The molecule has 3 fully saturated rings. The van der Waals surface area contributed by atoms with Crippen molar-refractivity contribution < 1.29 is 13.9 Å². The highest BCUT2D eigenvalue weighted by molar-refractivity contribution is 5.94. The van der Waals surface area contributed by atoms with Crippen molar-refractivity contribution in [2.75, 3.05) is 19.7 Å². The summed E-state index contributed by atoms with van der Waals surface area (Å²) < 4.78 is 20.0. The summed E-state index contributed by atoms with van der Waals surface area (Å²) in [4.78, 5) is 15.2. The van der Waals surface area contributed by atoms with Gasteiger partial charge in [0.15, 0.2) is 0 Å². The molecule has 146 valence electrons. The Hall–Kier alpha value is -2.24. The molecule has 5 heteroatoms. The minimum atomic E-state index is -0.256. The standard InChI is InChI=1S/C23H25FN2O2/c24-21-4-2-1-3-20(21)15-5-9-17(10-6-15)23(27)25-18-11-19-14-28-22(16-7-8-16)13-26(19)12-18/h1-6,9-10,16,18-19,22H,7-8,11-14H2,(H,25,27)/t18-,19-,22+/m0/s1. The van der Waals surface area contributed by atoms with Gasteiger partial charge in [0.1, 0.15) is 5.82 Å². The van der Waals surface area contributed by atoms with Crippen LogP contribution in [0.1, 0.15) is 29.6 Å². The average Bonchev–Trinajstić information content (AvgIpc) is 3.48. The lowest BCUT2D eigenvalue weighted by Crippen LogP contribution is -2.47. The van der Waals surface area contributed by atoms with Gasteiger partial charge in [0.2, 0.25) is 0 Å². The lowest BCUT2D eigenvalue weighted by molar-refractivity contribution is -0.0581. The fourth-order valence-electron chi connectivity index (χ4n) is 4.52. The number of nitrogens with one attached hydrogen (secondary N) is 1. The van der Waals surface area contributed by atoms with Gasteiger partial charge in [-0.2, -0.15) is 0 Å². The van der Waals surface area contributed by atoms with Crippen molar-refractivity contribution in [2.24, 2.45) is 5.92 Å². The predicted molar refractivity (Wildman–Crippen MR) is 106 cm³/mol. The zero-order valence-corrected chi connectivity index (χ0v) is 15.8. The maximum absolute atomic E-state index is 13.9. The zero-order valence-electron chi connectivity index (χ0n) is 15.8. The summed E-state index contributed by atoms with van der Waals surface area (Å²) in [5, 5.41) is 3.17. The first-order valence-corrected chi connectivity index (χ1v) is 10.2. The summed E-state index contributed by atoms with van der Waals surface area (Å²) in [6.45, 7) is 2.68. The number of halogens is 1. The van der Waals surface area contributed by atoms with Crippen LogP contribution in [0.3, 0.4) is 0 Å². The molecule has 2 aliphatic heterocycles. The second-order valence-corrected chi connectivity index (χ2v) is 8.28. The third-order valence-corrected chi connectivity index (χ3v) is 6.26. The van der Waals surface area contributed by atoms with E-state index >= 15 is 0 Å². The van der Waals surface area contributed by atoms with Crippen LogP contribution in [0.2, 0.25) is 0 Å². The number of rotatable bonds is 4. The minimum Gasteiger partial charge on any atom is -0.375 e. The first kappa shape index (κ1) is 17.8. The van der Waals surface area contributed by atoms with Gasteiger partial charge < -0.3 is 10.1 Å². The Bertz CT molecular complexity index is 865. The molecule has 0 unspecified atom stereocenters. The molecule has 1 N–H and O–H groups in total. The summed E-state index contributed by atoms with van der Waals surface area (Å²) in [5.41, 5.74) is 1.93. The molecule has 5 rings (SSSR count). The van der Waals surface area contributed by atoms with E-state index in [2.05, 4.69) is 10.2 Å². The fourth-order valence-corrected chi connectivity index (χ4v) is 4.52. The molecule has 0 aromatic heterocycles. The SMILES string of the molecule is O=C(N[C@H]1C[C@H]2CO[C@@H](C3CC3)CN2C1)c1ccc(-c2ccccc2F)cc1. The minimum absolute atomic E-state index is 0.0652. The Kier molecular flexibility index (Phi) is 4.65. The van der Waals surface area contributed by atoms with Gasteiger partial charge in [-0.05, 0) is 48.9 Å². The molecule has 2 aromatic rings. The summed E-state index contributed by atoms with van der Waals surface area (Å²) in [6.07, 6.45) is 3.92. The van der Waals surface area contributed by atoms with E-state index in [4.69, 9.17) is 4.74 Å². The van der Waals surface area contributed by atoms with E-state index in [0.29, 0.717) is 23.3 Å². The summed E-state index contributed by atoms with van der Waals surface area (Å²) >= 11 is 0. The number of hydrogen-bond donors (Lipinski definition) is 1. The van der Waals surface area contributed by atoms with Gasteiger partial charge in [-0.15, -0.1) is 0 Å². The highest BCUT2D eigenvalue weighted by Gasteiger charge is 2.42. The Morgan fingerprint density at radius 1 is 1.07 bits per heavy atom. The van der Waals surface area contributed by atoms with Crippen LogP contribution in [0, 0.1) is 11.7 Å². The molecule has 2 saturated heterocycles. The van der Waals surface area contributed by atoms with E-state index in [0.717, 1.165) is 37.6 Å². The molecular formula is C23H25FN2O2. The van der Waals surface area contributed by atoms with Crippen molar-refractivity contribution in [1.29, 1.82) is 0 Å². The predicted octanol–water partition coefficient (Wildman–Crippen LogP) is 3.47. The third kappa shape index (κ3) is 3.56. The highest BCUT2D eigenvalue weighted by Crippen LogP contribution is 2.37. The van der Waals surface area contributed by atoms with Crippen LogP contribution in [-0.2, 0) is 4.74 Å². The van der Waals surface area contributed by atoms with Crippen molar-refractivity contribution in [2.45, 2.75) is 37.5 Å². The van der Waals surface area contributed by atoms with Gasteiger partial charge in [0.05, 0.1) is 12.7 Å². The number of hydrogen-bond acceptors (Lipinski definition) is 3. The van der Waals surface area contributed by atoms with Gasteiger partial charge in [0, 0.05) is 36.3 Å². The van der Waals surface area contributed by atoms with E-state index in [1.165, 1.54) is 18.9 Å². The van der Waals surface area contributed by atoms with E-state index in [-0.39, 0.29) is 17.8 Å². The van der Waals surface area contributed by atoms with E-state index < -0.39 is 0 Å². The molecule has 3 aliphatic rings. The smallest absolute Gasteiger partial charge is 0.251 e. The lowest BCUT2D eigenvalue weighted by Gasteiger charge is -2.35.